The molecule has 30 heavy (non-hydrogen) atoms. The number of rotatable bonds is 5. The molecule has 0 fully saturated rings. The molecule has 0 atom stereocenters. The van der Waals surface area contributed by atoms with E-state index in [0.29, 0.717) is 22.1 Å². The van der Waals surface area contributed by atoms with Crippen LogP contribution in [0.15, 0.2) is 71.6 Å². The third-order valence-electron chi connectivity index (χ3n) is 4.11. The summed E-state index contributed by atoms with van der Waals surface area (Å²) in [6.07, 6.45) is 0. The van der Waals surface area contributed by atoms with E-state index >= 15 is 0 Å². The third-order valence-corrected chi connectivity index (χ3v) is 5.72. The smallest absolute Gasteiger partial charge is 0.263 e. The molecule has 0 aliphatic rings. The third kappa shape index (κ3) is 4.17. The van der Waals surface area contributed by atoms with Gasteiger partial charge in [-0.05, 0) is 48.5 Å². The Balaban J connectivity index is 1.79. The maximum Gasteiger partial charge on any atom is 0.263 e. The molecule has 0 radical (unpaired) electrons. The van der Waals surface area contributed by atoms with Crippen molar-refractivity contribution in [2.24, 2.45) is 0 Å². The van der Waals surface area contributed by atoms with E-state index < -0.39 is 21.7 Å². The fraction of sp³-hybridized carbons (Fsp3) is 0. The molecule has 3 aromatic carbocycles. The number of anilines is 3. The van der Waals surface area contributed by atoms with Crippen molar-refractivity contribution >= 4 is 50.0 Å². The van der Waals surface area contributed by atoms with Gasteiger partial charge >= 0.3 is 0 Å². The van der Waals surface area contributed by atoms with E-state index in [1.54, 1.807) is 24.3 Å². The van der Waals surface area contributed by atoms with Crippen LogP contribution in [0, 0.1) is 11.6 Å². The minimum absolute atomic E-state index is 0.0410. The van der Waals surface area contributed by atoms with Crippen LogP contribution in [0.2, 0.25) is 5.02 Å². The highest BCUT2D eigenvalue weighted by Crippen LogP contribution is 2.28. The van der Waals surface area contributed by atoms with Crippen molar-refractivity contribution in [2.75, 3.05) is 10.0 Å². The number of para-hydroxylation sites is 2. The lowest BCUT2D eigenvalue weighted by molar-refractivity contribution is 0.586. The molecular weight excluding hydrogens is 434 g/mol. The predicted molar refractivity (Wildman–Crippen MR) is 111 cm³/mol. The summed E-state index contributed by atoms with van der Waals surface area (Å²) in [5, 5.41) is 3.06. The van der Waals surface area contributed by atoms with Gasteiger partial charge in [0.1, 0.15) is 11.6 Å². The molecule has 0 spiro atoms. The number of aromatic nitrogens is 2. The van der Waals surface area contributed by atoms with Crippen molar-refractivity contribution in [1.29, 1.82) is 0 Å². The number of benzene rings is 3. The molecular formula is C20H13ClF2N4O2S. The monoisotopic (exact) mass is 446 g/mol. The topological polar surface area (TPSA) is 84.0 Å². The van der Waals surface area contributed by atoms with E-state index in [4.69, 9.17) is 11.6 Å². The molecule has 152 valence electrons. The molecule has 10 heteroatoms. The molecule has 0 bridgehead atoms. The minimum Gasteiger partial charge on any atom is -0.335 e. The second-order valence-corrected chi connectivity index (χ2v) is 8.34. The van der Waals surface area contributed by atoms with Crippen LogP contribution in [0.1, 0.15) is 0 Å². The zero-order valence-corrected chi connectivity index (χ0v) is 16.7. The van der Waals surface area contributed by atoms with Crippen LogP contribution in [0.3, 0.4) is 0 Å². The lowest BCUT2D eigenvalue weighted by Gasteiger charge is -2.14. The SMILES string of the molecule is O=S(=O)(Nc1nc2ccccc2nc1Nc1ccc(F)cc1F)c1ccc(Cl)cc1. The van der Waals surface area contributed by atoms with Crippen LogP contribution >= 0.6 is 11.6 Å². The minimum atomic E-state index is -4.04. The van der Waals surface area contributed by atoms with Crippen molar-refractivity contribution < 1.29 is 17.2 Å². The molecule has 0 aliphatic carbocycles. The second-order valence-electron chi connectivity index (χ2n) is 6.22. The molecule has 6 nitrogen and oxygen atoms in total. The van der Waals surface area contributed by atoms with E-state index in [9.17, 15) is 17.2 Å². The normalized spacial score (nSPS) is 11.4. The highest BCUT2D eigenvalue weighted by Gasteiger charge is 2.19. The van der Waals surface area contributed by atoms with E-state index in [1.807, 2.05) is 0 Å². The van der Waals surface area contributed by atoms with E-state index in [-0.39, 0.29) is 22.2 Å². The Labute approximate surface area is 175 Å². The summed E-state index contributed by atoms with van der Waals surface area (Å²) >= 11 is 5.82. The van der Waals surface area contributed by atoms with Gasteiger partial charge in [-0.3, -0.25) is 4.72 Å². The summed E-state index contributed by atoms with van der Waals surface area (Å²) in [6.45, 7) is 0. The maximum absolute atomic E-state index is 14.1. The molecule has 2 N–H and O–H groups in total. The van der Waals surface area contributed by atoms with Crippen LogP contribution in [0.25, 0.3) is 11.0 Å². The van der Waals surface area contributed by atoms with Gasteiger partial charge in [-0.15, -0.1) is 0 Å². The summed E-state index contributed by atoms with van der Waals surface area (Å²) in [5.41, 5.74) is 0.793. The van der Waals surface area contributed by atoms with Crippen LogP contribution in [0.5, 0.6) is 0 Å². The largest absolute Gasteiger partial charge is 0.335 e. The van der Waals surface area contributed by atoms with Crippen LogP contribution in [0.4, 0.5) is 26.1 Å². The van der Waals surface area contributed by atoms with Crippen LogP contribution in [-0.4, -0.2) is 18.4 Å². The molecule has 0 saturated heterocycles. The fourth-order valence-corrected chi connectivity index (χ4v) is 3.81. The second kappa shape index (κ2) is 7.85. The Kier molecular flexibility index (Phi) is 5.23. The van der Waals surface area contributed by atoms with Crippen LogP contribution < -0.4 is 10.0 Å². The lowest BCUT2D eigenvalue weighted by Crippen LogP contribution is -2.16. The van der Waals surface area contributed by atoms with Gasteiger partial charge in [0.25, 0.3) is 10.0 Å². The van der Waals surface area contributed by atoms with Crippen molar-refractivity contribution in [2.45, 2.75) is 4.90 Å². The molecule has 1 aromatic heterocycles. The molecule has 4 aromatic rings. The van der Waals surface area contributed by atoms with Gasteiger partial charge in [0.2, 0.25) is 0 Å². The van der Waals surface area contributed by atoms with Gasteiger partial charge in [0.05, 0.1) is 21.6 Å². The van der Waals surface area contributed by atoms with Gasteiger partial charge < -0.3 is 5.32 Å². The van der Waals surface area contributed by atoms with Crippen molar-refractivity contribution in [3.8, 4) is 0 Å². The predicted octanol–water partition coefficient (Wildman–Crippen LogP) is 5.11. The lowest BCUT2D eigenvalue weighted by atomic mass is 10.3. The number of halogens is 3. The Bertz CT molecular complexity index is 1350. The highest BCUT2D eigenvalue weighted by molar-refractivity contribution is 7.92. The molecule has 0 aliphatic heterocycles. The van der Waals surface area contributed by atoms with Gasteiger partial charge in [-0.25, -0.2) is 27.2 Å². The summed E-state index contributed by atoms with van der Waals surface area (Å²) in [6, 6.07) is 15.3. The number of hydrogen-bond acceptors (Lipinski definition) is 5. The first-order chi connectivity index (χ1) is 14.3. The summed E-state index contributed by atoms with van der Waals surface area (Å²) in [5.74, 6) is -1.80. The summed E-state index contributed by atoms with van der Waals surface area (Å²) in [7, 11) is -4.04. The highest BCUT2D eigenvalue weighted by atomic mass is 35.5. The molecule has 0 saturated carbocycles. The van der Waals surface area contributed by atoms with E-state index in [1.165, 1.54) is 30.3 Å². The Hall–Kier alpha value is -3.30. The number of nitrogens with zero attached hydrogens (tertiary/aromatic N) is 2. The van der Waals surface area contributed by atoms with Gasteiger partial charge in [-0.1, -0.05) is 23.7 Å². The van der Waals surface area contributed by atoms with Gasteiger partial charge in [-0.2, -0.15) is 0 Å². The maximum atomic E-state index is 14.1. The first-order valence-corrected chi connectivity index (χ1v) is 10.5. The van der Waals surface area contributed by atoms with Gasteiger partial charge in [0, 0.05) is 11.1 Å². The molecule has 4 rings (SSSR count). The van der Waals surface area contributed by atoms with Crippen molar-refractivity contribution in [3.05, 3.63) is 83.4 Å². The first kappa shape index (κ1) is 20.0. The van der Waals surface area contributed by atoms with Crippen molar-refractivity contribution in [3.63, 3.8) is 0 Å². The van der Waals surface area contributed by atoms with E-state index in [2.05, 4.69) is 20.0 Å². The number of fused-ring (bicyclic) bond motifs is 1. The van der Waals surface area contributed by atoms with Crippen LogP contribution in [-0.2, 0) is 10.0 Å². The summed E-state index contributed by atoms with van der Waals surface area (Å²) < 4.78 is 55.3. The zero-order valence-electron chi connectivity index (χ0n) is 15.1. The Morgan fingerprint density at radius 2 is 1.47 bits per heavy atom. The number of sulfonamides is 1. The fourth-order valence-electron chi connectivity index (χ4n) is 2.68. The number of nitrogens with one attached hydrogen (secondary N) is 2. The number of hydrogen-bond donors (Lipinski definition) is 2. The average molecular weight is 447 g/mol. The zero-order chi connectivity index (χ0) is 21.3. The van der Waals surface area contributed by atoms with Gasteiger partial charge in [0.15, 0.2) is 11.6 Å². The molecule has 0 amide bonds. The average Bonchev–Trinajstić information content (AvgIpc) is 2.70. The summed E-state index contributed by atoms with van der Waals surface area (Å²) in [4.78, 5) is 8.61. The standard InChI is InChI=1S/C20H13ClF2N4O2S/c21-12-5-8-14(9-6-12)30(28,29)27-20-19(24-16-10-7-13(22)11-15(16)23)25-17-3-1-2-4-18(17)26-20/h1-11H,(H,24,25)(H,26,27). The first-order valence-electron chi connectivity index (χ1n) is 8.59. The molecule has 1 heterocycles. The Morgan fingerprint density at radius 3 is 2.10 bits per heavy atom. The quantitative estimate of drug-likeness (QED) is 0.445. The van der Waals surface area contributed by atoms with Crippen molar-refractivity contribution in [1.82, 2.24) is 9.97 Å². The van der Waals surface area contributed by atoms with E-state index in [0.717, 1.165) is 6.07 Å². The Morgan fingerprint density at radius 1 is 0.833 bits per heavy atom. The molecule has 0 unspecified atom stereocenters.